The SMILES string of the molecule is Cc1cccnc1-c1nc2cc(Nc3cc(C4CCC(O)CC4)nc(N4C[C@@H]5C[C@H]4CN5C)n3)ncc2s1. The number of hydrogen-bond donors (Lipinski definition) is 2. The first-order chi connectivity index (χ1) is 18.5. The van der Waals surface area contributed by atoms with Crippen molar-refractivity contribution >= 4 is 39.1 Å². The van der Waals surface area contributed by atoms with Crippen molar-refractivity contribution in [2.75, 3.05) is 30.4 Å². The van der Waals surface area contributed by atoms with Gasteiger partial charge in [-0.05, 0) is 57.7 Å². The first-order valence-corrected chi connectivity index (χ1v) is 14.3. The van der Waals surface area contributed by atoms with Crippen molar-refractivity contribution in [1.29, 1.82) is 0 Å². The number of rotatable bonds is 5. The summed E-state index contributed by atoms with van der Waals surface area (Å²) in [4.78, 5) is 29.0. The van der Waals surface area contributed by atoms with Gasteiger partial charge in [0.2, 0.25) is 5.95 Å². The van der Waals surface area contributed by atoms with E-state index in [1.165, 1.54) is 6.42 Å². The summed E-state index contributed by atoms with van der Waals surface area (Å²) in [6, 6.07) is 9.08. The third kappa shape index (κ3) is 4.40. The number of piperazine rings is 1. The second-order valence-corrected chi connectivity index (χ2v) is 12.0. The van der Waals surface area contributed by atoms with Gasteiger partial charge in [-0.25, -0.2) is 15.0 Å². The van der Waals surface area contributed by atoms with Gasteiger partial charge in [0, 0.05) is 55.6 Å². The number of nitrogens with one attached hydrogen (secondary N) is 1. The largest absolute Gasteiger partial charge is 0.393 e. The van der Waals surface area contributed by atoms with Crippen molar-refractivity contribution in [1.82, 2.24) is 29.8 Å². The molecule has 3 aliphatic rings. The van der Waals surface area contributed by atoms with Crippen molar-refractivity contribution in [2.24, 2.45) is 0 Å². The summed E-state index contributed by atoms with van der Waals surface area (Å²) in [6.07, 6.45) is 8.21. The van der Waals surface area contributed by atoms with Crippen LogP contribution in [0.5, 0.6) is 0 Å². The second kappa shape index (κ2) is 9.52. The molecule has 196 valence electrons. The summed E-state index contributed by atoms with van der Waals surface area (Å²) >= 11 is 1.61. The molecule has 0 unspecified atom stereocenters. The van der Waals surface area contributed by atoms with Gasteiger partial charge in [0.1, 0.15) is 22.3 Å². The van der Waals surface area contributed by atoms with Gasteiger partial charge in [0.15, 0.2) is 0 Å². The average Bonchev–Trinajstić information content (AvgIpc) is 3.63. The summed E-state index contributed by atoms with van der Waals surface area (Å²) in [5.41, 5.74) is 3.97. The van der Waals surface area contributed by atoms with Crippen LogP contribution in [0.25, 0.3) is 20.9 Å². The molecule has 3 fully saturated rings. The Labute approximate surface area is 226 Å². The molecule has 2 bridgehead atoms. The molecule has 0 spiro atoms. The number of pyridine rings is 2. The molecule has 1 saturated carbocycles. The quantitative estimate of drug-likeness (QED) is 0.387. The first-order valence-electron chi connectivity index (χ1n) is 13.5. The van der Waals surface area contributed by atoms with Crippen LogP contribution in [0.4, 0.5) is 17.6 Å². The minimum atomic E-state index is -0.191. The van der Waals surface area contributed by atoms with E-state index in [4.69, 9.17) is 15.0 Å². The van der Waals surface area contributed by atoms with Crippen LogP contribution >= 0.6 is 11.3 Å². The van der Waals surface area contributed by atoms with E-state index < -0.39 is 0 Å². The Morgan fingerprint density at radius 2 is 1.87 bits per heavy atom. The zero-order valence-electron chi connectivity index (χ0n) is 21.7. The molecule has 4 aromatic heterocycles. The first kappa shape index (κ1) is 23.9. The van der Waals surface area contributed by atoms with Gasteiger partial charge >= 0.3 is 0 Å². The van der Waals surface area contributed by atoms with Crippen LogP contribution < -0.4 is 10.2 Å². The van der Waals surface area contributed by atoms with Gasteiger partial charge in [-0.2, -0.15) is 4.98 Å². The molecule has 0 aromatic carbocycles. The fraction of sp³-hybridized carbons (Fsp3) is 0.464. The lowest BCUT2D eigenvalue weighted by atomic mass is 9.85. The number of likely N-dealkylation sites (tertiary alicyclic amines) is 1. The fourth-order valence-corrected chi connectivity index (χ4v) is 7.16. The van der Waals surface area contributed by atoms with E-state index in [9.17, 15) is 5.11 Å². The number of hydrogen-bond acceptors (Lipinski definition) is 10. The molecule has 7 rings (SSSR count). The normalized spacial score (nSPS) is 25.4. The maximum absolute atomic E-state index is 10.0. The topological polar surface area (TPSA) is 103 Å². The van der Waals surface area contributed by atoms with Gasteiger partial charge in [-0.15, -0.1) is 11.3 Å². The molecule has 2 saturated heterocycles. The number of aliphatic hydroxyl groups is 1. The predicted octanol–water partition coefficient (Wildman–Crippen LogP) is 4.51. The van der Waals surface area contributed by atoms with Crippen LogP contribution in [0.15, 0.2) is 36.7 Å². The van der Waals surface area contributed by atoms with E-state index >= 15 is 0 Å². The molecule has 0 amide bonds. The molecule has 4 aromatic rings. The van der Waals surface area contributed by atoms with E-state index in [-0.39, 0.29) is 6.10 Å². The Morgan fingerprint density at radius 1 is 1.00 bits per heavy atom. The summed E-state index contributed by atoms with van der Waals surface area (Å²) in [5, 5.41) is 14.4. The van der Waals surface area contributed by atoms with Gasteiger partial charge in [-0.3, -0.25) is 9.88 Å². The molecule has 6 heterocycles. The number of fused-ring (bicyclic) bond motifs is 3. The Morgan fingerprint density at radius 3 is 2.63 bits per heavy atom. The molecule has 1 aliphatic carbocycles. The Hall–Kier alpha value is -3.21. The number of thiazole rings is 1. The summed E-state index contributed by atoms with van der Waals surface area (Å²) in [5.74, 6) is 2.61. The zero-order chi connectivity index (χ0) is 25.8. The molecule has 2 N–H and O–H groups in total. The lowest BCUT2D eigenvalue weighted by molar-refractivity contribution is 0.122. The van der Waals surface area contributed by atoms with Crippen LogP contribution in [-0.4, -0.2) is 73.3 Å². The molecule has 10 heteroatoms. The maximum atomic E-state index is 10.0. The zero-order valence-corrected chi connectivity index (χ0v) is 22.5. The number of likely N-dealkylation sites (N-methyl/N-ethyl adjacent to an activating group) is 1. The lowest BCUT2D eigenvalue weighted by Gasteiger charge is -2.33. The molecule has 2 aliphatic heterocycles. The lowest BCUT2D eigenvalue weighted by Crippen LogP contribution is -2.45. The highest BCUT2D eigenvalue weighted by Crippen LogP contribution is 2.37. The van der Waals surface area contributed by atoms with Crippen molar-refractivity contribution in [3.63, 3.8) is 0 Å². The molecule has 2 atom stereocenters. The van der Waals surface area contributed by atoms with Crippen LogP contribution in [0.3, 0.4) is 0 Å². The third-order valence-corrected chi connectivity index (χ3v) is 9.38. The van der Waals surface area contributed by atoms with Crippen molar-refractivity contribution < 1.29 is 5.11 Å². The van der Waals surface area contributed by atoms with E-state index in [2.05, 4.69) is 51.2 Å². The Balaban J connectivity index is 1.20. The molecular weight excluding hydrogens is 496 g/mol. The highest BCUT2D eigenvalue weighted by molar-refractivity contribution is 7.21. The van der Waals surface area contributed by atoms with E-state index in [1.807, 2.05) is 18.3 Å². The van der Waals surface area contributed by atoms with E-state index in [0.717, 1.165) is 82.7 Å². The highest BCUT2D eigenvalue weighted by atomic mass is 32.1. The summed E-state index contributed by atoms with van der Waals surface area (Å²) in [7, 11) is 2.21. The monoisotopic (exact) mass is 528 g/mol. The van der Waals surface area contributed by atoms with Gasteiger partial charge in [-0.1, -0.05) is 6.07 Å². The fourth-order valence-electron chi connectivity index (χ4n) is 6.18. The molecule has 0 radical (unpaired) electrons. The number of aryl methyl sites for hydroxylation is 1. The van der Waals surface area contributed by atoms with Crippen LogP contribution in [0.2, 0.25) is 0 Å². The smallest absolute Gasteiger partial charge is 0.227 e. The second-order valence-electron chi connectivity index (χ2n) is 11.0. The Bertz CT molecular complexity index is 1480. The van der Waals surface area contributed by atoms with Crippen molar-refractivity contribution in [3.8, 4) is 10.7 Å². The standard InChI is InChI=1S/C28H32N8OS/c1-16-4-3-9-29-26(16)27-31-22-12-24(30-13-23(22)38-27)33-25-11-21(17-5-7-20(37)8-6-17)32-28(34-25)36-15-18-10-19(36)14-35(18)2/h3-4,9,11-13,17-20,37H,5-8,10,14-15H2,1-2H3,(H,30,32,33,34)/t17?,18-,19-,20?/m0/s1. The molecular formula is C28H32N8OS. The van der Waals surface area contributed by atoms with Crippen LogP contribution in [-0.2, 0) is 0 Å². The summed E-state index contributed by atoms with van der Waals surface area (Å²) in [6.45, 7) is 4.07. The van der Waals surface area contributed by atoms with Crippen LogP contribution in [0.1, 0.15) is 49.3 Å². The van der Waals surface area contributed by atoms with E-state index in [1.54, 1.807) is 17.5 Å². The number of aromatic nitrogens is 5. The van der Waals surface area contributed by atoms with Gasteiger partial charge in [0.25, 0.3) is 0 Å². The number of nitrogens with zero attached hydrogens (tertiary/aromatic N) is 7. The van der Waals surface area contributed by atoms with Crippen molar-refractivity contribution in [2.45, 2.75) is 63.1 Å². The predicted molar refractivity (Wildman–Crippen MR) is 150 cm³/mol. The minimum absolute atomic E-state index is 0.191. The minimum Gasteiger partial charge on any atom is -0.393 e. The molecule has 38 heavy (non-hydrogen) atoms. The van der Waals surface area contributed by atoms with Crippen molar-refractivity contribution in [3.05, 3.63) is 47.9 Å². The molecule has 9 nitrogen and oxygen atoms in total. The highest BCUT2D eigenvalue weighted by Gasteiger charge is 2.42. The maximum Gasteiger partial charge on any atom is 0.227 e. The van der Waals surface area contributed by atoms with Gasteiger partial charge in [0.05, 0.1) is 22.0 Å². The summed E-state index contributed by atoms with van der Waals surface area (Å²) < 4.78 is 1.03. The van der Waals surface area contributed by atoms with Gasteiger partial charge < -0.3 is 15.3 Å². The third-order valence-electron chi connectivity index (χ3n) is 8.36. The number of anilines is 3. The Kier molecular flexibility index (Phi) is 5.98. The van der Waals surface area contributed by atoms with Crippen LogP contribution in [0, 0.1) is 6.92 Å². The average molecular weight is 529 g/mol. The number of aliphatic hydroxyl groups excluding tert-OH is 1. The van der Waals surface area contributed by atoms with E-state index in [0.29, 0.717) is 23.8 Å².